The molecule has 1 aromatic rings. The molecule has 0 fully saturated rings. The summed E-state index contributed by atoms with van der Waals surface area (Å²) in [5.41, 5.74) is 0. The summed E-state index contributed by atoms with van der Waals surface area (Å²) in [7, 11) is 1.93. The maximum absolute atomic E-state index is 4.16. The average molecular weight is 182 g/mol. The summed E-state index contributed by atoms with van der Waals surface area (Å²) >= 11 is 0. The maximum Gasteiger partial charge on any atom is 0.150 e. The normalized spacial score (nSPS) is 13.7. The molecule has 0 bridgehead atoms. The van der Waals surface area contributed by atoms with Gasteiger partial charge in [-0.05, 0) is 34.7 Å². The van der Waals surface area contributed by atoms with Crippen LogP contribution in [-0.4, -0.2) is 21.8 Å². The van der Waals surface area contributed by atoms with Gasteiger partial charge in [0.25, 0.3) is 0 Å². The van der Waals surface area contributed by atoms with Crippen LogP contribution in [0.2, 0.25) is 0 Å². The minimum Gasteiger partial charge on any atom is -0.311 e. The molecule has 0 aliphatic heterocycles. The molecule has 1 unspecified atom stereocenters. The predicted octanol–water partition coefficient (Wildman–Crippen LogP) is 1.45. The summed E-state index contributed by atoms with van der Waals surface area (Å²) in [5.74, 6) is 1.99. The molecule has 4 heteroatoms. The Labute approximate surface area is 79.4 Å². The van der Waals surface area contributed by atoms with E-state index in [0.717, 1.165) is 11.6 Å². The molecule has 13 heavy (non-hydrogen) atoms. The molecular formula is C9H18N4. The van der Waals surface area contributed by atoms with Gasteiger partial charge in [-0.3, -0.25) is 0 Å². The van der Waals surface area contributed by atoms with Gasteiger partial charge >= 0.3 is 0 Å². The average Bonchev–Trinajstić information content (AvgIpc) is 2.45. The molecule has 1 heterocycles. The Bertz CT molecular complexity index is 277. The van der Waals surface area contributed by atoms with Gasteiger partial charge < -0.3 is 9.88 Å². The Kier molecular flexibility index (Phi) is 3.03. The van der Waals surface area contributed by atoms with Crippen LogP contribution in [-0.2, 0) is 0 Å². The van der Waals surface area contributed by atoms with Gasteiger partial charge in [0.15, 0.2) is 0 Å². The molecule has 0 spiro atoms. The highest BCUT2D eigenvalue weighted by molar-refractivity contribution is 5.00. The Hall–Kier alpha value is -0.900. The van der Waals surface area contributed by atoms with E-state index in [1.807, 2.05) is 14.0 Å². The van der Waals surface area contributed by atoms with Crippen molar-refractivity contribution >= 4 is 0 Å². The lowest BCUT2D eigenvalue weighted by Gasteiger charge is -2.16. The highest BCUT2D eigenvalue weighted by Gasteiger charge is 2.15. The van der Waals surface area contributed by atoms with Crippen LogP contribution in [0.15, 0.2) is 0 Å². The van der Waals surface area contributed by atoms with Gasteiger partial charge in [0, 0.05) is 6.04 Å². The van der Waals surface area contributed by atoms with Crippen molar-refractivity contribution in [1.29, 1.82) is 0 Å². The molecule has 1 aromatic heterocycles. The molecule has 0 aliphatic carbocycles. The van der Waals surface area contributed by atoms with E-state index in [4.69, 9.17) is 0 Å². The van der Waals surface area contributed by atoms with Gasteiger partial charge in [0.1, 0.15) is 11.6 Å². The lowest BCUT2D eigenvalue weighted by molar-refractivity contribution is 0.503. The molecule has 0 saturated carbocycles. The van der Waals surface area contributed by atoms with E-state index in [1.54, 1.807) is 0 Å². The van der Waals surface area contributed by atoms with E-state index in [1.165, 1.54) is 0 Å². The number of nitrogens with one attached hydrogen (secondary N) is 1. The van der Waals surface area contributed by atoms with Crippen molar-refractivity contribution in [3.63, 3.8) is 0 Å². The third kappa shape index (κ3) is 1.88. The summed E-state index contributed by atoms with van der Waals surface area (Å²) in [6.07, 6.45) is 0. The molecule has 4 nitrogen and oxygen atoms in total. The zero-order valence-electron chi connectivity index (χ0n) is 9.00. The second-order valence-electron chi connectivity index (χ2n) is 3.58. The largest absolute Gasteiger partial charge is 0.311 e. The first-order valence-electron chi connectivity index (χ1n) is 4.66. The SMILES string of the molecule is CNC(C)c1nnc(C)n1C(C)C. The van der Waals surface area contributed by atoms with Gasteiger partial charge in [-0.1, -0.05) is 0 Å². The number of hydrogen-bond donors (Lipinski definition) is 1. The third-order valence-corrected chi connectivity index (χ3v) is 2.23. The first-order chi connectivity index (χ1) is 6.07. The fraction of sp³-hybridized carbons (Fsp3) is 0.778. The van der Waals surface area contributed by atoms with Crippen molar-refractivity contribution in [3.05, 3.63) is 11.6 Å². The molecular weight excluding hydrogens is 164 g/mol. The lowest BCUT2D eigenvalue weighted by Crippen LogP contribution is -2.19. The van der Waals surface area contributed by atoms with E-state index >= 15 is 0 Å². The molecule has 1 N–H and O–H groups in total. The molecule has 1 atom stereocenters. The maximum atomic E-state index is 4.16. The van der Waals surface area contributed by atoms with Gasteiger partial charge in [0.2, 0.25) is 0 Å². The van der Waals surface area contributed by atoms with Gasteiger partial charge in [-0.2, -0.15) is 0 Å². The van der Waals surface area contributed by atoms with Crippen molar-refractivity contribution in [2.24, 2.45) is 0 Å². The predicted molar refractivity (Wildman–Crippen MR) is 52.6 cm³/mol. The van der Waals surface area contributed by atoms with E-state index in [0.29, 0.717) is 6.04 Å². The van der Waals surface area contributed by atoms with Crippen molar-refractivity contribution < 1.29 is 0 Å². The molecule has 0 saturated heterocycles. The summed E-state index contributed by atoms with van der Waals surface area (Å²) in [5, 5.41) is 11.4. The van der Waals surface area contributed by atoms with Crippen LogP contribution in [0, 0.1) is 6.92 Å². The van der Waals surface area contributed by atoms with Crippen LogP contribution in [0.5, 0.6) is 0 Å². The zero-order chi connectivity index (χ0) is 10.0. The van der Waals surface area contributed by atoms with Crippen LogP contribution in [0.1, 0.15) is 44.5 Å². The molecule has 0 radical (unpaired) electrons. The quantitative estimate of drug-likeness (QED) is 0.769. The van der Waals surface area contributed by atoms with Gasteiger partial charge in [0.05, 0.1) is 6.04 Å². The minimum atomic E-state index is 0.253. The van der Waals surface area contributed by atoms with Crippen molar-refractivity contribution in [3.8, 4) is 0 Å². The zero-order valence-corrected chi connectivity index (χ0v) is 9.00. The number of rotatable bonds is 3. The van der Waals surface area contributed by atoms with Crippen LogP contribution in [0.25, 0.3) is 0 Å². The second kappa shape index (κ2) is 3.87. The smallest absolute Gasteiger partial charge is 0.150 e. The van der Waals surface area contributed by atoms with Gasteiger partial charge in [-0.15, -0.1) is 10.2 Å². The lowest BCUT2D eigenvalue weighted by atomic mass is 10.3. The Balaban J connectivity index is 3.07. The van der Waals surface area contributed by atoms with E-state index in [9.17, 15) is 0 Å². The fourth-order valence-electron chi connectivity index (χ4n) is 1.45. The molecule has 0 amide bonds. The highest BCUT2D eigenvalue weighted by atomic mass is 15.3. The molecule has 1 rings (SSSR count). The topological polar surface area (TPSA) is 42.7 Å². The summed E-state index contributed by atoms with van der Waals surface area (Å²) in [6, 6.07) is 0.671. The minimum absolute atomic E-state index is 0.253. The standard InChI is InChI=1S/C9H18N4/c1-6(2)13-8(4)11-12-9(13)7(3)10-5/h6-7,10H,1-5H3. The number of hydrogen-bond acceptors (Lipinski definition) is 3. The van der Waals surface area contributed by atoms with Crippen LogP contribution in [0.4, 0.5) is 0 Å². The van der Waals surface area contributed by atoms with Crippen LogP contribution in [0.3, 0.4) is 0 Å². The van der Waals surface area contributed by atoms with Crippen molar-refractivity contribution in [2.45, 2.75) is 39.8 Å². The third-order valence-electron chi connectivity index (χ3n) is 2.23. The Morgan fingerprint density at radius 2 is 1.85 bits per heavy atom. The summed E-state index contributed by atoms with van der Waals surface area (Å²) in [4.78, 5) is 0. The van der Waals surface area contributed by atoms with Crippen LogP contribution < -0.4 is 5.32 Å². The summed E-state index contributed by atoms with van der Waals surface area (Å²) < 4.78 is 2.15. The van der Waals surface area contributed by atoms with E-state index < -0.39 is 0 Å². The first-order valence-corrected chi connectivity index (χ1v) is 4.66. The molecule has 0 aliphatic rings. The molecule has 74 valence electrons. The fourth-order valence-corrected chi connectivity index (χ4v) is 1.45. The molecule has 0 aromatic carbocycles. The first kappa shape index (κ1) is 10.2. The number of aromatic nitrogens is 3. The Morgan fingerprint density at radius 3 is 2.31 bits per heavy atom. The monoisotopic (exact) mass is 182 g/mol. The van der Waals surface area contributed by atoms with Gasteiger partial charge in [-0.25, -0.2) is 0 Å². The Morgan fingerprint density at radius 1 is 1.23 bits per heavy atom. The highest BCUT2D eigenvalue weighted by Crippen LogP contribution is 2.16. The van der Waals surface area contributed by atoms with Crippen LogP contribution >= 0.6 is 0 Å². The number of nitrogens with zero attached hydrogens (tertiary/aromatic N) is 3. The number of aryl methyl sites for hydroxylation is 1. The second-order valence-corrected chi connectivity index (χ2v) is 3.58. The van der Waals surface area contributed by atoms with E-state index in [-0.39, 0.29) is 6.04 Å². The van der Waals surface area contributed by atoms with Crippen molar-refractivity contribution in [2.75, 3.05) is 7.05 Å². The summed E-state index contributed by atoms with van der Waals surface area (Å²) in [6.45, 7) is 8.35. The van der Waals surface area contributed by atoms with Crippen molar-refractivity contribution in [1.82, 2.24) is 20.1 Å². The van der Waals surface area contributed by atoms with E-state index in [2.05, 4.69) is 40.9 Å².